The molecular weight excluding hydrogens is 280 g/mol. The molecular formula is C14H19F2N3O2. The maximum atomic E-state index is 13.9. The molecule has 1 aliphatic rings. The topological polar surface area (TPSA) is 58.4 Å². The Morgan fingerprint density at radius 1 is 1.38 bits per heavy atom. The largest absolute Gasteiger partial charge is 0.374 e. The van der Waals surface area contributed by atoms with Gasteiger partial charge in [-0.05, 0) is 51.9 Å². The number of anilines is 1. The lowest BCUT2D eigenvalue weighted by Crippen LogP contribution is -2.37. The summed E-state index contributed by atoms with van der Waals surface area (Å²) in [6.07, 6.45) is 1.85. The highest BCUT2D eigenvalue weighted by Gasteiger charge is 2.27. The molecule has 5 nitrogen and oxygen atoms in total. The first-order chi connectivity index (χ1) is 9.90. The minimum absolute atomic E-state index is 0.159. The van der Waals surface area contributed by atoms with E-state index < -0.39 is 22.2 Å². The zero-order chi connectivity index (χ0) is 15.6. The van der Waals surface area contributed by atoms with Gasteiger partial charge >= 0.3 is 0 Å². The summed E-state index contributed by atoms with van der Waals surface area (Å²) >= 11 is 0. The van der Waals surface area contributed by atoms with E-state index in [2.05, 4.69) is 10.2 Å². The van der Waals surface area contributed by atoms with Crippen LogP contribution in [0.4, 0.5) is 20.2 Å². The van der Waals surface area contributed by atoms with Crippen LogP contribution in [0.1, 0.15) is 19.8 Å². The van der Waals surface area contributed by atoms with E-state index in [1.54, 1.807) is 0 Å². The summed E-state index contributed by atoms with van der Waals surface area (Å²) in [5, 5.41) is 13.8. The van der Waals surface area contributed by atoms with Gasteiger partial charge in [0.05, 0.1) is 4.92 Å². The zero-order valence-corrected chi connectivity index (χ0v) is 12.1. The molecule has 0 amide bonds. The van der Waals surface area contributed by atoms with Crippen LogP contribution in [0.2, 0.25) is 0 Å². The molecule has 0 aromatic heterocycles. The van der Waals surface area contributed by atoms with Crippen molar-refractivity contribution in [1.82, 2.24) is 4.90 Å². The van der Waals surface area contributed by atoms with Crippen LogP contribution < -0.4 is 5.32 Å². The Balaban J connectivity index is 2.18. The van der Waals surface area contributed by atoms with Crippen LogP contribution in [-0.2, 0) is 0 Å². The molecule has 1 aromatic rings. The Bertz CT molecular complexity index is 531. The molecule has 0 saturated carbocycles. The Labute approximate surface area is 122 Å². The Morgan fingerprint density at radius 2 is 2.00 bits per heavy atom. The average molecular weight is 299 g/mol. The third-order valence-electron chi connectivity index (χ3n) is 4.11. The molecule has 0 aliphatic carbocycles. The normalized spacial score (nSPS) is 18.5. The minimum atomic E-state index is -1.19. The number of halogens is 2. The molecule has 1 fully saturated rings. The van der Waals surface area contributed by atoms with E-state index in [9.17, 15) is 18.9 Å². The second kappa shape index (κ2) is 6.34. The molecule has 1 aliphatic heterocycles. The van der Waals surface area contributed by atoms with Crippen LogP contribution in [0.15, 0.2) is 12.1 Å². The van der Waals surface area contributed by atoms with Crippen LogP contribution in [0, 0.1) is 27.7 Å². The first-order valence-corrected chi connectivity index (χ1v) is 6.97. The maximum Gasteiger partial charge on any atom is 0.295 e. The van der Waals surface area contributed by atoms with E-state index >= 15 is 0 Å². The standard InChI is InChI=1S/C14H19F2N3O2/c1-9(10-5-7-18(2)8-6-10)17-14-12(19(20)21)4-3-11(15)13(14)16/h3-4,9-10,17H,5-8H2,1-2H3. The Hall–Kier alpha value is -1.76. The molecule has 1 heterocycles. The lowest BCUT2D eigenvalue weighted by molar-refractivity contribution is -0.384. The van der Waals surface area contributed by atoms with Gasteiger partial charge in [-0.15, -0.1) is 0 Å². The fourth-order valence-corrected chi connectivity index (χ4v) is 2.70. The maximum absolute atomic E-state index is 13.9. The molecule has 2 rings (SSSR count). The Morgan fingerprint density at radius 3 is 2.57 bits per heavy atom. The number of nitrogens with zero attached hydrogens (tertiary/aromatic N) is 2. The van der Waals surface area contributed by atoms with Gasteiger partial charge in [0.25, 0.3) is 5.69 Å². The number of hydrogen-bond acceptors (Lipinski definition) is 4. The number of likely N-dealkylation sites (tertiary alicyclic amines) is 1. The number of benzene rings is 1. The van der Waals surface area contributed by atoms with Crippen molar-refractivity contribution in [3.63, 3.8) is 0 Å². The molecule has 21 heavy (non-hydrogen) atoms. The number of rotatable bonds is 4. The summed E-state index contributed by atoms with van der Waals surface area (Å²) in [5.74, 6) is -1.99. The van der Waals surface area contributed by atoms with Crippen molar-refractivity contribution in [2.24, 2.45) is 5.92 Å². The summed E-state index contributed by atoms with van der Waals surface area (Å²) in [6, 6.07) is 1.61. The fraction of sp³-hybridized carbons (Fsp3) is 0.571. The van der Waals surface area contributed by atoms with E-state index in [-0.39, 0.29) is 17.6 Å². The monoisotopic (exact) mass is 299 g/mol. The molecule has 116 valence electrons. The van der Waals surface area contributed by atoms with Gasteiger partial charge in [0.2, 0.25) is 0 Å². The van der Waals surface area contributed by atoms with Gasteiger partial charge in [0, 0.05) is 12.1 Å². The van der Waals surface area contributed by atoms with Crippen molar-refractivity contribution in [3.8, 4) is 0 Å². The molecule has 1 aromatic carbocycles. The zero-order valence-electron chi connectivity index (χ0n) is 12.1. The number of nitro groups is 1. The lowest BCUT2D eigenvalue weighted by atomic mass is 9.90. The van der Waals surface area contributed by atoms with Gasteiger partial charge < -0.3 is 10.2 Å². The SMILES string of the molecule is CC(Nc1c([N+](=O)[O-])ccc(F)c1F)C1CCN(C)CC1. The van der Waals surface area contributed by atoms with Crippen molar-refractivity contribution in [3.05, 3.63) is 33.9 Å². The summed E-state index contributed by atoms with van der Waals surface area (Å²) < 4.78 is 27.2. The average Bonchev–Trinajstić information content (AvgIpc) is 2.44. The predicted molar refractivity (Wildman–Crippen MR) is 76.3 cm³/mol. The van der Waals surface area contributed by atoms with E-state index in [1.807, 2.05) is 14.0 Å². The number of nitro benzene ring substituents is 1. The van der Waals surface area contributed by atoms with Crippen molar-refractivity contribution in [2.75, 3.05) is 25.5 Å². The molecule has 1 atom stereocenters. The highest BCUT2D eigenvalue weighted by molar-refractivity contribution is 5.63. The van der Waals surface area contributed by atoms with Crippen molar-refractivity contribution < 1.29 is 13.7 Å². The lowest BCUT2D eigenvalue weighted by Gasteiger charge is -2.33. The molecule has 1 unspecified atom stereocenters. The molecule has 0 bridgehead atoms. The summed E-state index contributed by atoms with van der Waals surface area (Å²) in [5.41, 5.74) is -0.792. The van der Waals surface area contributed by atoms with Crippen molar-refractivity contribution in [1.29, 1.82) is 0 Å². The molecule has 1 saturated heterocycles. The first kappa shape index (κ1) is 15.6. The van der Waals surface area contributed by atoms with Crippen LogP contribution in [0.5, 0.6) is 0 Å². The van der Waals surface area contributed by atoms with Gasteiger partial charge in [0.1, 0.15) is 0 Å². The quantitative estimate of drug-likeness (QED) is 0.686. The van der Waals surface area contributed by atoms with E-state index in [4.69, 9.17) is 0 Å². The van der Waals surface area contributed by atoms with Crippen LogP contribution in [0.25, 0.3) is 0 Å². The number of nitrogens with one attached hydrogen (secondary N) is 1. The van der Waals surface area contributed by atoms with E-state index in [0.717, 1.165) is 38.1 Å². The third kappa shape index (κ3) is 3.47. The van der Waals surface area contributed by atoms with Gasteiger partial charge in [-0.25, -0.2) is 8.78 Å². The van der Waals surface area contributed by atoms with Crippen molar-refractivity contribution >= 4 is 11.4 Å². The summed E-state index contributed by atoms with van der Waals surface area (Å²) in [6.45, 7) is 3.72. The summed E-state index contributed by atoms with van der Waals surface area (Å²) in [7, 11) is 2.03. The molecule has 0 spiro atoms. The van der Waals surface area contributed by atoms with E-state index in [1.165, 1.54) is 0 Å². The molecule has 1 N–H and O–H groups in total. The number of piperidine rings is 1. The second-order valence-electron chi connectivity index (χ2n) is 5.59. The van der Waals surface area contributed by atoms with E-state index in [0.29, 0.717) is 0 Å². The first-order valence-electron chi connectivity index (χ1n) is 6.97. The smallest absolute Gasteiger partial charge is 0.295 e. The van der Waals surface area contributed by atoms with Gasteiger partial charge in [0.15, 0.2) is 17.3 Å². The highest BCUT2D eigenvalue weighted by Crippen LogP contribution is 2.31. The second-order valence-corrected chi connectivity index (χ2v) is 5.59. The highest BCUT2D eigenvalue weighted by atomic mass is 19.2. The summed E-state index contributed by atoms with van der Waals surface area (Å²) in [4.78, 5) is 12.5. The third-order valence-corrected chi connectivity index (χ3v) is 4.11. The van der Waals surface area contributed by atoms with Gasteiger partial charge in [-0.3, -0.25) is 10.1 Å². The van der Waals surface area contributed by atoms with Gasteiger partial charge in [-0.2, -0.15) is 0 Å². The fourth-order valence-electron chi connectivity index (χ4n) is 2.70. The predicted octanol–water partition coefficient (Wildman–Crippen LogP) is 3.02. The number of hydrogen-bond donors (Lipinski definition) is 1. The van der Waals surface area contributed by atoms with Crippen LogP contribution in [-0.4, -0.2) is 36.0 Å². The molecule has 7 heteroatoms. The van der Waals surface area contributed by atoms with Gasteiger partial charge in [-0.1, -0.05) is 0 Å². The van der Waals surface area contributed by atoms with Crippen LogP contribution >= 0.6 is 0 Å². The Kier molecular flexibility index (Phi) is 4.72. The van der Waals surface area contributed by atoms with Crippen LogP contribution in [0.3, 0.4) is 0 Å². The van der Waals surface area contributed by atoms with Crippen molar-refractivity contribution in [2.45, 2.75) is 25.8 Å². The molecule has 0 radical (unpaired) electrons. The minimum Gasteiger partial charge on any atom is -0.374 e.